The topological polar surface area (TPSA) is 60.7 Å². The molecule has 0 saturated heterocycles. The minimum atomic E-state index is -2.70. The van der Waals surface area contributed by atoms with E-state index in [0.29, 0.717) is 36.0 Å². The van der Waals surface area contributed by atoms with Gasteiger partial charge in [-0.05, 0) is 106 Å². The Bertz CT molecular complexity index is 576. The first-order valence-corrected chi connectivity index (χ1v) is 11.4. The van der Waals surface area contributed by atoms with Gasteiger partial charge in [0.2, 0.25) is 6.43 Å². The van der Waals surface area contributed by atoms with Gasteiger partial charge in [-0.1, -0.05) is 6.92 Å². The summed E-state index contributed by atoms with van der Waals surface area (Å²) in [6.45, 7) is 2.87. The van der Waals surface area contributed by atoms with Crippen LogP contribution in [0.2, 0.25) is 0 Å². The van der Waals surface area contributed by atoms with Crippen molar-refractivity contribution in [3.63, 3.8) is 0 Å². The van der Waals surface area contributed by atoms with Gasteiger partial charge in [-0.25, -0.2) is 8.78 Å². The molecule has 3 nitrogen and oxygen atoms in total. The van der Waals surface area contributed by atoms with E-state index in [-0.39, 0.29) is 11.3 Å². The van der Waals surface area contributed by atoms with Crippen molar-refractivity contribution < 1.29 is 24.1 Å². The Kier molecular flexibility index (Phi) is 5.37. The lowest BCUT2D eigenvalue weighted by atomic mass is 9.47. The molecule has 0 bridgehead atoms. The number of rotatable bonds is 4. The monoisotopic (exact) mass is 400 g/mol. The standard InChI is InChI=1S/C23H38F2O3/c1-21(28)9-7-15-14(11-21)3-4-17-16(15)8-10-22(2)18(17)5-6-19(22)23(12-26,13-27)20(24)25/h14-20,26-28H,3-13H2,1-2H3/t14-,15+,16-,17?,18+,19+,21-,22+/m1/s1. The number of fused-ring (bicyclic) bond motifs is 5. The van der Waals surface area contributed by atoms with E-state index < -0.39 is 30.7 Å². The Morgan fingerprint density at radius 2 is 1.57 bits per heavy atom. The minimum Gasteiger partial charge on any atom is -0.395 e. The van der Waals surface area contributed by atoms with Crippen LogP contribution in [0.15, 0.2) is 0 Å². The summed E-state index contributed by atoms with van der Waals surface area (Å²) in [5.74, 6) is 2.65. The summed E-state index contributed by atoms with van der Waals surface area (Å²) in [7, 11) is 0. The zero-order chi connectivity index (χ0) is 20.3. The summed E-state index contributed by atoms with van der Waals surface area (Å²) in [4.78, 5) is 0. The predicted molar refractivity (Wildman–Crippen MR) is 104 cm³/mol. The molecule has 0 aliphatic heterocycles. The zero-order valence-electron chi connectivity index (χ0n) is 17.4. The number of halogens is 2. The Balaban J connectivity index is 1.57. The Hall–Kier alpha value is -0.260. The molecule has 4 rings (SSSR count). The molecule has 8 atom stereocenters. The molecule has 4 fully saturated rings. The largest absolute Gasteiger partial charge is 0.395 e. The van der Waals surface area contributed by atoms with E-state index >= 15 is 0 Å². The van der Waals surface area contributed by atoms with Crippen LogP contribution < -0.4 is 0 Å². The van der Waals surface area contributed by atoms with Gasteiger partial charge in [-0.2, -0.15) is 0 Å². The third kappa shape index (κ3) is 2.98. The fraction of sp³-hybridized carbons (Fsp3) is 1.00. The minimum absolute atomic E-state index is 0.212. The van der Waals surface area contributed by atoms with Crippen LogP contribution in [0.5, 0.6) is 0 Å². The first-order chi connectivity index (χ1) is 13.2. The lowest BCUT2D eigenvalue weighted by Crippen LogP contribution is -2.54. The van der Waals surface area contributed by atoms with E-state index in [9.17, 15) is 24.1 Å². The molecule has 4 aliphatic rings. The lowest BCUT2D eigenvalue weighted by Gasteiger charge is -2.58. The molecule has 0 heterocycles. The van der Waals surface area contributed by atoms with Crippen LogP contribution in [-0.2, 0) is 0 Å². The highest BCUT2D eigenvalue weighted by atomic mass is 19.3. The number of aliphatic hydroxyl groups is 3. The Labute approximate surface area is 167 Å². The molecule has 162 valence electrons. The summed E-state index contributed by atoms with van der Waals surface area (Å²) in [6, 6.07) is 0. The molecule has 0 aromatic rings. The molecule has 0 amide bonds. The third-order valence-electron chi connectivity index (χ3n) is 9.95. The van der Waals surface area contributed by atoms with Crippen LogP contribution >= 0.6 is 0 Å². The quantitative estimate of drug-likeness (QED) is 0.661. The maximum atomic E-state index is 14.0. The average Bonchev–Trinajstić information content (AvgIpc) is 3.00. The summed E-state index contributed by atoms with van der Waals surface area (Å²) in [6.07, 6.45) is 6.14. The van der Waals surface area contributed by atoms with Crippen LogP contribution in [0.4, 0.5) is 8.78 Å². The second kappa shape index (κ2) is 7.16. The third-order valence-corrected chi connectivity index (χ3v) is 9.95. The summed E-state index contributed by atoms with van der Waals surface area (Å²) in [5, 5.41) is 30.3. The molecule has 5 heteroatoms. The molecule has 4 saturated carbocycles. The molecule has 1 unspecified atom stereocenters. The molecule has 28 heavy (non-hydrogen) atoms. The predicted octanol–water partition coefficient (Wildman–Crippen LogP) is 4.24. The maximum Gasteiger partial charge on any atom is 0.248 e. The molecular weight excluding hydrogens is 362 g/mol. The van der Waals surface area contributed by atoms with Gasteiger partial charge in [-0.15, -0.1) is 0 Å². The van der Waals surface area contributed by atoms with Gasteiger partial charge in [0.1, 0.15) is 0 Å². The van der Waals surface area contributed by atoms with Crippen molar-refractivity contribution in [2.24, 2.45) is 46.3 Å². The number of hydrogen-bond acceptors (Lipinski definition) is 3. The Morgan fingerprint density at radius 3 is 2.21 bits per heavy atom. The molecule has 0 aromatic heterocycles. The van der Waals surface area contributed by atoms with Gasteiger partial charge in [-0.3, -0.25) is 0 Å². The molecule has 0 spiro atoms. The van der Waals surface area contributed by atoms with Crippen molar-refractivity contribution >= 4 is 0 Å². The molecule has 4 aliphatic carbocycles. The fourth-order valence-corrected chi connectivity index (χ4v) is 8.59. The van der Waals surface area contributed by atoms with Crippen LogP contribution in [0.25, 0.3) is 0 Å². The van der Waals surface area contributed by atoms with Crippen LogP contribution in [0.3, 0.4) is 0 Å². The van der Waals surface area contributed by atoms with E-state index in [2.05, 4.69) is 6.92 Å². The second-order valence-corrected chi connectivity index (χ2v) is 11.2. The number of hydrogen-bond donors (Lipinski definition) is 3. The fourth-order valence-electron chi connectivity index (χ4n) is 8.59. The van der Waals surface area contributed by atoms with Crippen molar-refractivity contribution in [2.75, 3.05) is 13.2 Å². The van der Waals surface area contributed by atoms with Gasteiger partial charge >= 0.3 is 0 Å². The number of alkyl halides is 2. The van der Waals surface area contributed by atoms with Crippen LogP contribution in [0, 0.1) is 46.3 Å². The normalized spacial score (nSPS) is 48.9. The van der Waals surface area contributed by atoms with Crippen molar-refractivity contribution in [3.8, 4) is 0 Å². The van der Waals surface area contributed by atoms with Gasteiger partial charge in [0.25, 0.3) is 0 Å². The highest BCUT2D eigenvalue weighted by molar-refractivity contribution is 5.10. The average molecular weight is 401 g/mol. The van der Waals surface area contributed by atoms with Gasteiger partial charge in [0.05, 0.1) is 24.2 Å². The first-order valence-electron chi connectivity index (χ1n) is 11.4. The molecular formula is C23H38F2O3. The maximum absolute atomic E-state index is 14.0. The van der Waals surface area contributed by atoms with Crippen molar-refractivity contribution in [3.05, 3.63) is 0 Å². The van der Waals surface area contributed by atoms with Crippen LogP contribution in [0.1, 0.15) is 71.6 Å². The summed E-state index contributed by atoms with van der Waals surface area (Å²) < 4.78 is 28.0. The Morgan fingerprint density at radius 1 is 0.893 bits per heavy atom. The van der Waals surface area contributed by atoms with Gasteiger partial charge in [0, 0.05) is 0 Å². The molecule has 0 radical (unpaired) electrons. The lowest BCUT2D eigenvalue weighted by molar-refractivity contribution is -0.159. The van der Waals surface area contributed by atoms with E-state index in [1.165, 1.54) is 0 Å². The highest BCUT2D eigenvalue weighted by Gasteiger charge is 2.63. The van der Waals surface area contributed by atoms with Crippen molar-refractivity contribution in [1.82, 2.24) is 0 Å². The molecule has 3 N–H and O–H groups in total. The van der Waals surface area contributed by atoms with E-state index in [0.717, 1.165) is 51.4 Å². The van der Waals surface area contributed by atoms with E-state index in [4.69, 9.17) is 0 Å². The number of aliphatic hydroxyl groups excluding tert-OH is 2. The molecule has 0 aromatic carbocycles. The smallest absolute Gasteiger partial charge is 0.248 e. The zero-order valence-corrected chi connectivity index (χ0v) is 17.4. The first kappa shape index (κ1) is 21.0. The van der Waals surface area contributed by atoms with Crippen LogP contribution in [-0.4, -0.2) is 40.6 Å². The highest BCUT2D eigenvalue weighted by Crippen LogP contribution is 2.67. The SMILES string of the molecule is C[C@@]1(O)CC[C@H]2[C@H](CCC3[C@@H]2CC[C@]2(C)[C@@H](C(CO)(CO)C(F)F)CC[C@@H]32)C1. The summed E-state index contributed by atoms with van der Waals surface area (Å²) >= 11 is 0. The van der Waals surface area contributed by atoms with Gasteiger partial charge < -0.3 is 15.3 Å². The van der Waals surface area contributed by atoms with Crippen molar-refractivity contribution in [2.45, 2.75) is 83.7 Å². The van der Waals surface area contributed by atoms with E-state index in [1.54, 1.807) is 0 Å². The van der Waals surface area contributed by atoms with E-state index in [1.807, 2.05) is 6.92 Å². The second-order valence-electron chi connectivity index (χ2n) is 11.2. The van der Waals surface area contributed by atoms with Crippen molar-refractivity contribution in [1.29, 1.82) is 0 Å². The van der Waals surface area contributed by atoms with Gasteiger partial charge in [0.15, 0.2) is 0 Å². The summed E-state index contributed by atoms with van der Waals surface area (Å²) in [5.41, 5.74) is -2.40.